The van der Waals surface area contributed by atoms with Crippen LogP contribution in [0, 0.1) is 0 Å². The molecule has 6 nitrogen and oxygen atoms in total. The first-order valence-corrected chi connectivity index (χ1v) is 8.02. The molecule has 2 aromatic rings. The highest BCUT2D eigenvalue weighted by Gasteiger charge is 2.28. The van der Waals surface area contributed by atoms with Crippen molar-refractivity contribution in [3.8, 4) is 0 Å². The van der Waals surface area contributed by atoms with Crippen molar-refractivity contribution in [3.05, 3.63) is 48.5 Å². The van der Waals surface area contributed by atoms with E-state index in [1.165, 1.54) is 11.9 Å². The Kier molecular flexibility index (Phi) is 5.02. The van der Waals surface area contributed by atoms with E-state index in [1.807, 2.05) is 30.0 Å². The second-order valence-electron chi connectivity index (χ2n) is 5.85. The highest BCUT2D eigenvalue weighted by molar-refractivity contribution is 5.80. The fraction of sp³-hybridized carbons (Fsp3) is 0.471. The number of amides is 1. The summed E-state index contributed by atoms with van der Waals surface area (Å²) in [5, 5.41) is 4.05. The quantitative estimate of drug-likeness (QED) is 0.843. The van der Waals surface area contributed by atoms with Gasteiger partial charge in [0, 0.05) is 13.1 Å². The third-order valence-electron chi connectivity index (χ3n) is 4.24. The Labute approximate surface area is 136 Å². The first-order valence-electron chi connectivity index (χ1n) is 8.02. The van der Waals surface area contributed by atoms with Gasteiger partial charge in [-0.05, 0) is 25.3 Å². The number of nitrogens with zero attached hydrogens (tertiary/aromatic N) is 4. The fourth-order valence-electron chi connectivity index (χ4n) is 2.86. The maximum absolute atomic E-state index is 12.6. The number of morpholine rings is 1. The molecular formula is C17H22N4O2. The van der Waals surface area contributed by atoms with Crippen LogP contribution in [-0.4, -0.2) is 51.4 Å². The second kappa shape index (κ2) is 7.37. The predicted molar refractivity (Wildman–Crippen MR) is 85.8 cm³/mol. The van der Waals surface area contributed by atoms with Gasteiger partial charge in [-0.1, -0.05) is 30.3 Å². The van der Waals surface area contributed by atoms with E-state index in [0.717, 1.165) is 12.8 Å². The Morgan fingerprint density at radius 2 is 2.22 bits per heavy atom. The van der Waals surface area contributed by atoms with Crippen molar-refractivity contribution in [1.82, 2.24) is 19.7 Å². The molecule has 0 radical (unpaired) electrons. The van der Waals surface area contributed by atoms with Gasteiger partial charge in [0.2, 0.25) is 5.91 Å². The van der Waals surface area contributed by atoms with Gasteiger partial charge in [-0.2, -0.15) is 5.10 Å². The molecule has 1 amide bonds. The van der Waals surface area contributed by atoms with Crippen molar-refractivity contribution >= 4 is 5.91 Å². The minimum atomic E-state index is -0.328. The summed E-state index contributed by atoms with van der Waals surface area (Å²) in [6.45, 7) is 3.73. The van der Waals surface area contributed by atoms with E-state index in [0.29, 0.717) is 19.7 Å². The normalized spacial score (nSPS) is 19.5. The van der Waals surface area contributed by atoms with Crippen molar-refractivity contribution < 1.29 is 9.53 Å². The monoisotopic (exact) mass is 314 g/mol. The molecule has 1 aliphatic heterocycles. The minimum Gasteiger partial charge on any atom is -0.375 e. The Bertz CT molecular complexity index is 615. The van der Waals surface area contributed by atoms with Crippen LogP contribution in [0.1, 0.15) is 24.9 Å². The zero-order chi connectivity index (χ0) is 16.1. The topological polar surface area (TPSA) is 60.2 Å². The van der Waals surface area contributed by atoms with Crippen molar-refractivity contribution in [3.63, 3.8) is 0 Å². The lowest BCUT2D eigenvalue weighted by Crippen LogP contribution is -2.47. The Balaban J connectivity index is 1.54. The first-order chi connectivity index (χ1) is 11.2. The predicted octanol–water partition coefficient (Wildman–Crippen LogP) is 1.70. The summed E-state index contributed by atoms with van der Waals surface area (Å²) in [7, 11) is 0. The van der Waals surface area contributed by atoms with Crippen LogP contribution in [-0.2, 0) is 16.0 Å². The van der Waals surface area contributed by atoms with Crippen molar-refractivity contribution in [2.45, 2.75) is 31.9 Å². The van der Waals surface area contributed by atoms with E-state index in [2.05, 4.69) is 22.2 Å². The maximum Gasteiger partial charge on any atom is 0.247 e. The molecule has 2 unspecified atom stereocenters. The molecule has 0 spiro atoms. The smallest absolute Gasteiger partial charge is 0.247 e. The summed E-state index contributed by atoms with van der Waals surface area (Å²) in [5.74, 6) is 0.0727. The van der Waals surface area contributed by atoms with Gasteiger partial charge in [0.05, 0.1) is 12.7 Å². The molecule has 2 atom stereocenters. The average Bonchev–Trinajstić information content (AvgIpc) is 3.14. The van der Waals surface area contributed by atoms with Gasteiger partial charge in [0.25, 0.3) is 0 Å². The Hall–Kier alpha value is -2.21. The Morgan fingerprint density at radius 1 is 1.39 bits per heavy atom. The lowest BCUT2D eigenvalue weighted by atomic mass is 10.1. The summed E-state index contributed by atoms with van der Waals surface area (Å²) < 4.78 is 7.42. The number of benzene rings is 1. The zero-order valence-electron chi connectivity index (χ0n) is 13.3. The molecule has 0 bridgehead atoms. The van der Waals surface area contributed by atoms with Crippen LogP contribution < -0.4 is 0 Å². The van der Waals surface area contributed by atoms with Gasteiger partial charge in [0.1, 0.15) is 18.7 Å². The molecule has 6 heteroatoms. The van der Waals surface area contributed by atoms with Crippen LogP contribution in [0.15, 0.2) is 43.0 Å². The lowest BCUT2D eigenvalue weighted by molar-refractivity contribution is -0.142. The molecule has 23 heavy (non-hydrogen) atoms. The van der Waals surface area contributed by atoms with Gasteiger partial charge in [-0.15, -0.1) is 0 Å². The third-order valence-corrected chi connectivity index (χ3v) is 4.24. The Morgan fingerprint density at radius 3 is 2.96 bits per heavy atom. The number of aryl methyl sites for hydroxylation is 1. The standard InChI is InChI=1S/C17H22N4O2/c1-14(21-13-18-12-19-21)17(22)20-9-10-23-16(11-20)8-7-15-5-3-2-4-6-15/h2-6,12-14,16H,7-11H2,1H3. The van der Waals surface area contributed by atoms with E-state index in [1.54, 1.807) is 11.0 Å². The average molecular weight is 314 g/mol. The molecule has 1 fully saturated rings. The van der Waals surface area contributed by atoms with Crippen LogP contribution in [0.3, 0.4) is 0 Å². The number of hydrogen-bond donors (Lipinski definition) is 0. The molecule has 3 rings (SSSR count). The number of hydrogen-bond acceptors (Lipinski definition) is 4. The third kappa shape index (κ3) is 3.96. The lowest BCUT2D eigenvalue weighted by Gasteiger charge is -2.34. The maximum atomic E-state index is 12.6. The molecular weight excluding hydrogens is 292 g/mol. The van der Waals surface area contributed by atoms with Gasteiger partial charge in [0.15, 0.2) is 0 Å². The van der Waals surface area contributed by atoms with E-state index < -0.39 is 0 Å². The number of aromatic nitrogens is 3. The van der Waals surface area contributed by atoms with E-state index in [-0.39, 0.29) is 18.1 Å². The number of ether oxygens (including phenoxy) is 1. The van der Waals surface area contributed by atoms with Crippen LogP contribution in [0.25, 0.3) is 0 Å². The molecule has 122 valence electrons. The first kappa shape index (κ1) is 15.7. The highest BCUT2D eigenvalue weighted by atomic mass is 16.5. The summed E-state index contributed by atoms with van der Waals surface area (Å²) in [5.41, 5.74) is 1.30. The van der Waals surface area contributed by atoms with Gasteiger partial charge >= 0.3 is 0 Å². The van der Waals surface area contributed by atoms with Crippen molar-refractivity contribution in [1.29, 1.82) is 0 Å². The second-order valence-corrected chi connectivity index (χ2v) is 5.85. The molecule has 0 N–H and O–H groups in total. The van der Waals surface area contributed by atoms with Crippen LogP contribution >= 0.6 is 0 Å². The van der Waals surface area contributed by atoms with Crippen molar-refractivity contribution in [2.75, 3.05) is 19.7 Å². The van der Waals surface area contributed by atoms with Crippen LogP contribution in [0.5, 0.6) is 0 Å². The number of rotatable bonds is 5. The van der Waals surface area contributed by atoms with Crippen LogP contribution in [0.4, 0.5) is 0 Å². The van der Waals surface area contributed by atoms with E-state index in [9.17, 15) is 4.79 Å². The highest BCUT2D eigenvalue weighted by Crippen LogP contribution is 2.16. The fourth-order valence-corrected chi connectivity index (χ4v) is 2.86. The summed E-state index contributed by atoms with van der Waals surface area (Å²) in [6, 6.07) is 10.0. The van der Waals surface area contributed by atoms with Gasteiger partial charge in [-0.25, -0.2) is 9.67 Å². The van der Waals surface area contributed by atoms with E-state index in [4.69, 9.17) is 4.74 Å². The molecule has 1 aromatic carbocycles. The van der Waals surface area contributed by atoms with Crippen molar-refractivity contribution in [2.24, 2.45) is 0 Å². The summed E-state index contributed by atoms with van der Waals surface area (Å²) in [6.07, 6.45) is 5.01. The summed E-state index contributed by atoms with van der Waals surface area (Å²) >= 11 is 0. The zero-order valence-corrected chi connectivity index (χ0v) is 13.3. The molecule has 1 saturated heterocycles. The molecule has 1 aliphatic rings. The van der Waals surface area contributed by atoms with Gasteiger partial charge < -0.3 is 9.64 Å². The number of carbonyl (C=O) groups excluding carboxylic acids is 1. The minimum absolute atomic E-state index is 0.0727. The largest absolute Gasteiger partial charge is 0.375 e. The molecule has 2 heterocycles. The molecule has 1 aromatic heterocycles. The summed E-state index contributed by atoms with van der Waals surface area (Å²) in [4.78, 5) is 18.4. The van der Waals surface area contributed by atoms with Crippen LogP contribution in [0.2, 0.25) is 0 Å². The molecule has 0 saturated carbocycles. The van der Waals surface area contributed by atoms with E-state index >= 15 is 0 Å². The van der Waals surface area contributed by atoms with Gasteiger partial charge in [-0.3, -0.25) is 4.79 Å². The molecule has 0 aliphatic carbocycles. The SMILES string of the molecule is CC(C(=O)N1CCOC(CCc2ccccc2)C1)n1cncn1. The number of carbonyl (C=O) groups is 1.